The molecule has 1 amide bonds. The summed E-state index contributed by atoms with van der Waals surface area (Å²) in [5, 5.41) is 3.43. The molecule has 0 saturated heterocycles. The van der Waals surface area contributed by atoms with Crippen molar-refractivity contribution >= 4 is 33.2 Å². The van der Waals surface area contributed by atoms with Crippen LogP contribution in [-0.4, -0.2) is 28.0 Å². The van der Waals surface area contributed by atoms with Crippen LogP contribution < -0.4 is 14.4 Å². The van der Waals surface area contributed by atoms with Crippen molar-refractivity contribution in [3.05, 3.63) is 88.9 Å². The number of ether oxygens (including phenoxy) is 1. The first-order valence-electron chi connectivity index (χ1n) is 11.4. The number of rotatable bonds is 10. The number of sulfonamides is 1. The van der Waals surface area contributed by atoms with E-state index in [1.165, 1.54) is 12.1 Å². The molecule has 3 rings (SSSR count). The first kappa shape index (κ1) is 26.6. The van der Waals surface area contributed by atoms with Crippen LogP contribution in [0.5, 0.6) is 5.75 Å². The van der Waals surface area contributed by atoms with Gasteiger partial charge in [-0.05, 0) is 66.8 Å². The number of halogens is 1. The number of methoxy groups -OCH3 is 1. The number of hydrogen-bond donors (Lipinski definition) is 1. The monoisotopic (exact) mass is 514 g/mol. The molecule has 0 heterocycles. The maximum absolute atomic E-state index is 13.6. The van der Waals surface area contributed by atoms with Crippen molar-refractivity contribution in [1.82, 2.24) is 5.32 Å². The smallest absolute Gasteiger partial charge is 0.264 e. The molecule has 0 radical (unpaired) electrons. The normalized spacial score (nSPS) is 12.3. The molecule has 8 heteroatoms. The number of nitrogens with one attached hydrogen (secondary N) is 1. The van der Waals surface area contributed by atoms with Crippen molar-refractivity contribution in [2.75, 3.05) is 18.0 Å². The van der Waals surface area contributed by atoms with E-state index < -0.39 is 15.9 Å². The van der Waals surface area contributed by atoms with Crippen molar-refractivity contribution in [1.29, 1.82) is 0 Å². The Morgan fingerprint density at radius 1 is 1.03 bits per heavy atom. The largest absolute Gasteiger partial charge is 0.497 e. The van der Waals surface area contributed by atoms with Crippen LogP contribution in [0.25, 0.3) is 0 Å². The third-order valence-corrected chi connectivity index (χ3v) is 7.63. The summed E-state index contributed by atoms with van der Waals surface area (Å²) in [7, 11) is -2.42. The fourth-order valence-electron chi connectivity index (χ4n) is 3.83. The van der Waals surface area contributed by atoms with Gasteiger partial charge in [-0.2, -0.15) is 0 Å². The molecule has 1 atom stereocenters. The van der Waals surface area contributed by atoms with Gasteiger partial charge < -0.3 is 10.1 Å². The van der Waals surface area contributed by atoms with E-state index in [1.54, 1.807) is 50.4 Å². The van der Waals surface area contributed by atoms with Gasteiger partial charge in [-0.25, -0.2) is 8.42 Å². The van der Waals surface area contributed by atoms with E-state index in [4.69, 9.17) is 16.3 Å². The van der Waals surface area contributed by atoms with Crippen molar-refractivity contribution in [3.63, 3.8) is 0 Å². The summed E-state index contributed by atoms with van der Waals surface area (Å²) in [5.74, 6) is 0.618. The molecule has 0 spiro atoms. The number of anilines is 1. The number of benzene rings is 3. The number of carbonyl (C=O) groups excluding carboxylic acids is 1. The van der Waals surface area contributed by atoms with E-state index in [1.807, 2.05) is 24.3 Å². The number of aryl methyl sites for hydroxylation is 1. The molecule has 6 nitrogen and oxygen atoms in total. The van der Waals surface area contributed by atoms with Gasteiger partial charge in [0.15, 0.2) is 0 Å². The van der Waals surface area contributed by atoms with Gasteiger partial charge in [0.2, 0.25) is 5.91 Å². The Morgan fingerprint density at radius 3 is 2.29 bits per heavy atom. The van der Waals surface area contributed by atoms with Crippen LogP contribution in [0.2, 0.25) is 5.02 Å². The minimum absolute atomic E-state index is 0.0982. The minimum atomic E-state index is -4.02. The van der Waals surface area contributed by atoms with Crippen LogP contribution in [0.4, 0.5) is 5.69 Å². The Balaban J connectivity index is 1.95. The zero-order valence-corrected chi connectivity index (χ0v) is 21.9. The van der Waals surface area contributed by atoms with Crippen LogP contribution in [0.3, 0.4) is 0 Å². The maximum atomic E-state index is 13.6. The molecular weight excluding hydrogens is 484 g/mol. The van der Waals surface area contributed by atoms with E-state index in [0.717, 1.165) is 15.6 Å². The van der Waals surface area contributed by atoms with Crippen LogP contribution in [0, 0.1) is 12.8 Å². The van der Waals surface area contributed by atoms with Gasteiger partial charge in [-0.15, -0.1) is 0 Å². The second kappa shape index (κ2) is 11.6. The van der Waals surface area contributed by atoms with E-state index >= 15 is 0 Å². The second-order valence-corrected chi connectivity index (χ2v) is 11.1. The second-order valence-electron chi connectivity index (χ2n) is 8.78. The molecule has 1 N–H and O–H groups in total. The van der Waals surface area contributed by atoms with E-state index in [0.29, 0.717) is 28.6 Å². The fourth-order valence-corrected chi connectivity index (χ4v) is 5.49. The van der Waals surface area contributed by atoms with Gasteiger partial charge in [-0.1, -0.05) is 61.8 Å². The summed E-state index contributed by atoms with van der Waals surface area (Å²) in [4.78, 5) is 13.4. The average molecular weight is 515 g/mol. The van der Waals surface area contributed by atoms with Crippen molar-refractivity contribution in [3.8, 4) is 5.75 Å². The molecule has 3 aromatic rings. The van der Waals surface area contributed by atoms with Gasteiger partial charge >= 0.3 is 0 Å². The summed E-state index contributed by atoms with van der Waals surface area (Å²) in [6.45, 7) is 5.55. The van der Waals surface area contributed by atoms with E-state index in [2.05, 4.69) is 19.2 Å². The lowest BCUT2D eigenvalue weighted by Gasteiger charge is -2.27. The molecule has 0 bridgehead atoms. The molecule has 0 aromatic heterocycles. The molecule has 0 aliphatic rings. The van der Waals surface area contributed by atoms with Gasteiger partial charge in [0.05, 0.1) is 23.7 Å². The van der Waals surface area contributed by atoms with Crippen LogP contribution in [-0.2, 0) is 14.8 Å². The lowest BCUT2D eigenvalue weighted by Crippen LogP contribution is -2.42. The first-order chi connectivity index (χ1) is 16.6. The fraction of sp³-hybridized carbons (Fsp3) is 0.296. The predicted molar refractivity (Wildman–Crippen MR) is 140 cm³/mol. The highest BCUT2D eigenvalue weighted by atomic mass is 35.5. The summed E-state index contributed by atoms with van der Waals surface area (Å²) in [5.41, 5.74) is 1.97. The van der Waals surface area contributed by atoms with E-state index in [-0.39, 0.29) is 17.5 Å². The summed E-state index contributed by atoms with van der Waals surface area (Å²) in [6.07, 6.45) is 0.694. The predicted octanol–water partition coefficient (Wildman–Crippen LogP) is 5.76. The Morgan fingerprint density at radius 2 is 1.69 bits per heavy atom. The lowest BCUT2D eigenvalue weighted by atomic mass is 9.97. The topological polar surface area (TPSA) is 75.7 Å². The third-order valence-electron chi connectivity index (χ3n) is 5.62. The lowest BCUT2D eigenvalue weighted by molar-refractivity contribution is -0.120. The molecule has 3 aromatic carbocycles. The zero-order chi connectivity index (χ0) is 25.6. The summed E-state index contributed by atoms with van der Waals surface area (Å²) in [6, 6.07) is 20.3. The Labute approximate surface area is 212 Å². The van der Waals surface area contributed by atoms with Crippen molar-refractivity contribution in [2.24, 2.45) is 5.92 Å². The Hall–Kier alpha value is -3.03. The quantitative estimate of drug-likeness (QED) is 0.373. The zero-order valence-electron chi connectivity index (χ0n) is 20.4. The van der Waals surface area contributed by atoms with Crippen LogP contribution >= 0.6 is 11.6 Å². The van der Waals surface area contributed by atoms with Crippen LogP contribution in [0.1, 0.15) is 37.4 Å². The summed E-state index contributed by atoms with van der Waals surface area (Å²) < 4.78 is 33.6. The molecule has 0 unspecified atom stereocenters. The standard InChI is InChI=1S/C27H31ClN2O4S/c1-19(2)16-25(21-11-14-23(34-4)15-12-21)29-27(31)18-30(26-17-22(28)13-10-20(26)3)35(32,33)24-8-6-5-7-9-24/h5-15,17,19,25H,16,18H2,1-4H3,(H,29,31)/t25-/m1/s1. The average Bonchev–Trinajstić information content (AvgIpc) is 2.84. The van der Waals surface area contributed by atoms with Crippen molar-refractivity contribution < 1.29 is 17.9 Å². The number of nitrogens with zero attached hydrogens (tertiary/aromatic N) is 1. The maximum Gasteiger partial charge on any atom is 0.264 e. The minimum Gasteiger partial charge on any atom is -0.497 e. The number of hydrogen-bond acceptors (Lipinski definition) is 4. The first-order valence-corrected chi connectivity index (χ1v) is 13.2. The number of amides is 1. The highest BCUT2D eigenvalue weighted by molar-refractivity contribution is 7.92. The highest BCUT2D eigenvalue weighted by Crippen LogP contribution is 2.30. The van der Waals surface area contributed by atoms with E-state index in [9.17, 15) is 13.2 Å². The molecule has 186 valence electrons. The van der Waals surface area contributed by atoms with Gasteiger partial charge in [-0.3, -0.25) is 9.10 Å². The van der Waals surface area contributed by atoms with Gasteiger partial charge in [0.1, 0.15) is 12.3 Å². The molecule has 0 aliphatic carbocycles. The molecule has 0 aliphatic heterocycles. The highest BCUT2D eigenvalue weighted by Gasteiger charge is 2.29. The Bertz CT molecular complexity index is 1250. The SMILES string of the molecule is COc1ccc([C@@H](CC(C)C)NC(=O)CN(c2cc(Cl)ccc2C)S(=O)(=O)c2ccccc2)cc1. The van der Waals surface area contributed by atoms with Gasteiger partial charge in [0.25, 0.3) is 10.0 Å². The third kappa shape index (κ3) is 6.77. The summed E-state index contributed by atoms with van der Waals surface area (Å²) >= 11 is 6.21. The van der Waals surface area contributed by atoms with Crippen LogP contribution in [0.15, 0.2) is 77.7 Å². The molecule has 0 saturated carbocycles. The van der Waals surface area contributed by atoms with Gasteiger partial charge in [0, 0.05) is 5.02 Å². The molecular formula is C27H31ClN2O4S. The molecule has 0 fully saturated rings. The molecule has 35 heavy (non-hydrogen) atoms. The Kier molecular flexibility index (Phi) is 8.81. The number of carbonyl (C=O) groups is 1. The van der Waals surface area contributed by atoms with Crippen molar-refractivity contribution in [2.45, 2.75) is 38.1 Å².